The lowest BCUT2D eigenvalue weighted by molar-refractivity contribution is -0.133. The summed E-state index contributed by atoms with van der Waals surface area (Å²) in [6, 6.07) is 6.33. The molecule has 4 nitrogen and oxygen atoms in total. The Labute approximate surface area is 137 Å². The van der Waals surface area contributed by atoms with Crippen molar-refractivity contribution in [2.45, 2.75) is 6.92 Å². The van der Waals surface area contributed by atoms with Crippen molar-refractivity contribution >= 4 is 39.1 Å². The molecule has 0 fully saturated rings. The Hall–Kier alpha value is -2.35. The topological polar surface area (TPSA) is 58.2 Å². The highest BCUT2D eigenvalue weighted by atomic mass is 79.9. The molecule has 0 saturated carbocycles. The first kappa shape index (κ1) is 17.0. The van der Waals surface area contributed by atoms with E-state index in [1.165, 1.54) is 0 Å². The molecule has 2 aromatic rings. The van der Waals surface area contributed by atoms with Gasteiger partial charge in [0.1, 0.15) is 0 Å². The summed E-state index contributed by atoms with van der Waals surface area (Å²) in [6.07, 6.45) is 0. The molecule has 0 atom stereocenters. The van der Waals surface area contributed by atoms with Crippen molar-refractivity contribution in [1.29, 1.82) is 0 Å². The second kappa shape index (κ2) is 6.82. The van der Waals surface area contributed by atoms with Gasteiger partial charge < -0.3 is 10.6 Å². The van der Waals surface area contributed by atoms with E-state index in [0.29, 0.717) is 11.8 Å². The number of aryl methyl sites for hydroxylation is 1. The van der Waals surface area contributed by atoms with E-state index in [-0.39, 0.29) is 0 Å². The first-order chi connectivity index (χ1) is 10.8. The SMILES string of the molecule is Cc1ccc(NC(=O)C(=O)Nc2ccc(F)c(F)c2F)cc1Br. The minimum Gasteiger partial charge on any atom is -0.318 e. The Kier molecular flexibility index (Phi) is 5.05. The van der Waals surface area contributed by atoms with Gasteiger partial charge in [0.2, 0.25) is 0 Å². The van der Waals surface area contributed by atoms with Crippen molar-refractivity contribution in [1.82, 2.24) is 0 Å². The second-order valence-electron chi connectivity index (χ2n) is 4.60. The molecular weight excluding hydrogens is 377 g/mol. The molecule has 0 unspecified atom stereocenters. The molecule has 2 rings (SSSR count). The average Bonchev–Trinajstić information content (AvgIpc) is 2.51. The Morgan fingerprint density at radius 2 is 1.61 bits per heavy atom. The zero-order valence-electron chi connectivity index (χ0n) is 11.7. The number of hydrogen-bond donors (Lipinski definition) is 2. The molecule has 0 aliphatic rings. The van der Waals surface area contributed by atoms with Gasteiger partial charge in [-0.05, 0) is 36.8 Å². The lowest BCUT2D eigenvalue weighted by Gasteiger charge is -2.09. The summed E-state index contributed by atoms with van der Waals surface area (Å²) < 4.78 is 40.0. The molecular formula is C15H10BrF3N2O2. The van der Waals surface area contributed by atoms with Gasteiger partial charge in [-0.15, -0.1) is 0 Å². The van der Waals surface area contributed by atoms with E-state index in [1.807, 2.05) is 12.2 Å². The highest BCUT2D eigenvalue weighted by Gasteiger charge is 2.19. The third-order valence-corrected chi connectivity index (χ3v) is 3.77. The summed E-state index contributed by atoms with van der Waals surface area (Å²) in [4.78, 5) is 23.4. The van der Waals surface area contributed by atoms with E-state index in [2.05, 4.69) is 21.2 Å². The Morgan fingerprint density at radius 1 is 0.957 bits per heavy atom. The van der Waals surface area contributed by atoms with Gasteiger partial charge in [-0.1, -0.05) is 22.0 Å². The normalized spacial score (nSPS) is 10.3. The van der Waals surface area contributed by atoms with Crippen LogP contribution in [0.4, 0.5) is 24.5 Å². The Bertz CT molecular complexity index is 797. The third-order valence-electron chi connectivity index (χ3n) is 2.92. The van der Waals surface area contributed by atoms with Gasteiger partial charge in [0, 0.05) is 10.2 Å². The first-order valence-electron chi connectivity index (χ1n) is 6.31. The van der Waals surface area contributed by atoms with Crippen molar-refractivity contribution < 1.29 is 22.8 Å². The summed E-state index contributed by atoms with van der Waals surface area (Å²) in [5, 5.41) is 4.18. The molecule has 0 heterocycles. The lowest BCUT2D eigenvalue weighted by atomic mass is 10.2. The van der Waals surface area contributed by atoms with Gasteiger partial charge in [0.15, 0.2) is 17.5 Å². The van der Waals surface area contributed by atoms with Crippen molar-refractivity contribution in [2.75, 3.05) is 10.6 Å². The first-order valence-corrected chi connectivity index (χ1v) is 7.11. The number of halogens is 4. The molecule has 2 aromatic carbocycles. The van der Waals surface area contributed by atoms with Gasteiger partial charge >= 0.3 is 11.8 Å². The van der Waals surface area contributed by atoms with Gasteiger partial charge in [-0.2, -0.15) is 0 Å². The molecule has 0 spiro atoms. The molecule has 2 amide bonds. The van der Waals surface area contributed by atoms with E-state index < -0.39 is 35.0 Å². The van der Waals surface area contributed by atoms with Gasteiger partial charge in [-0.25, -0.2) is 13.2 Å². The maximum Gasteiger partial charge on any atom is 0.314 e. The third kappa shape index (κ3) is 3.89. The van der Waals surface area contributed by atoms with Gasteiger partial charge in [0.05, 0.1) is 5.69 Å². The number of rotatable bonds is 2. The van der Waals surface area contributed by atoms with Crippen molar-refractivity contribution in [2.24, 2.45) is 0 Å². The largest absolute Gasteiger partial charge is 0.318 e. The summed E-state index contributed by atoms with van der Waals surface area (Å²) in [7, 11) is 0. The standard InChI is InChI=1S/C15H10BrF3N2O2/c1-7-2-3-8(6-9(7)16)20-14(22)15(23)21-11-5-4-10(17)12(18)13(11)19/h2-6H,1H3,(H,20,22)(H,21,23). The smallest absolute Gasteiger partial charge is 0.314 e. The highest BCUT2D eigenvalue weighted by molar-refractivity contribution is 9.10. The monoisotopic (exact) mass is 386 g/mol. The minimum absolute atomic E-state index is 0.341. The molecule has 0 aromatic heterocycles. The maximum absolute atomic E-state index is 13.4. The van der Waals surface area contributed by atoms with E-state index in [0.717, 1.165) is 16.1 Å². The molecule has 0 saturated heterocycles. The summed E-state index contributed by atoms with van der Waals surface area (Å²) >= 11 is 3.27. The van der Waals surface area contributed by atoms with Crippen LogP contribution in [0.15, 0.2) is 34.8 Å². The number of hydrogen-bond acceptors (Lipinski definition) is 2. The minimum atomic E-state index is -1.73. The number of nitrogens with one attached hydrogen (secondary N) is 2. The Morgan fingerprint density at radius 3 is 2.26 bits per heavy atom. The molecule has 0 aliphatic heterocycles. The van der Waals surface area contributed by atoms with Crippen LogP contribution < -0.4 is 10.6 Å². The fourth-order valence-corrected chi connectivity index (χ4v) is 2.04. The van der Waals surface area contributed by atoms with Crippen LogP contribution >= 0.6 is 15.9 Å². The van der Waals surface area contributed by atoms with Crippen molar-refractivity contribution in [3.63, 3.8) is 0 Å². The van der Waals surface area contributed by atoms with Crippen LogP contribution in [0.5, 0.6) is 0 Å². The van der Waals surface area contributed by atoms with Crippen LogP contribution in [0.3, 0.4) is 0 Å². The predicted octanol–water partition coefficient (Wildman–Crippen LogP) is 3.75. The zero-order chi connectivity index (χ0) is 17.1. The summed E-state index contributed by atoms with van der Waals surface area (Å²) in [5.74, 6) is -7.00. The zero-order valence-corrected chi connectivity index (χ0v) is 13.3. The fourth-order valence-electron chi connectivity index (χ4n) is 1.66. The van der Waals surface area contributed by atoms with Crippen LogP contribution in [0.1, 0.15) is 5.56 Å². The van der Waals surface area contributed by atoms with Crippen molar-refractivity contribution in [3.05, 3.63) is 57.8 Å². The van der Waals surface area contributed by atoms with Crippen LogP contribution in [0.2, 0.25) is 0 Å². The van der Waals surface area contributed by atoms with Gasteiger partial charge in [0.25, 0.3) is 0 Å². The number of amides is 2. The molecule has 8 heteroatoms. The van der Waals surface area contributed by atoms with Crippen LogP contribution in [-0.2, 0) is 9.59 Å². The molecule has 2 N–H and O–H groups in total. The summed E-state index contributed by atoms with van der Waals surface area (Å²) in [6.45, 7) is 1.84. The molecule has 0 aliphatic carbocycles. The predicted molar refractivity (Wildman–Crippen MR) is 82.5 cm³/mol. The van der Waals surface area contributed by atoms with Crippen LogP contribution in [0.25, 0.3) is 0 Å². The van der Waals surface area contributed by atoms with Gasteiger partial charge in [-0.3, -0.25) is 9.59 Å². The summed E-state index contributed by atoms with van der Waals surface area (Å²) in [5.41, 5.74) is 0.638. The number of carbonyl (C=O) groups is 2. The quantitative estimate of drug-likeness (QED) is 0.609. The maximum atomic E-state index is 13.4. The molecule has 0 bridgehead atoms. The van der Waals surface area contributed by atoms with E-state index in [9.17, 15) is 22.8 Å². The highest BCUT2D eigenvalue weighted by Crippen LogP contribution is 2.21. The van der Waals surface area contributed by atoms with Crippen molar-refractivity contribution in [3.8, 4) is 0 Å². The van der Waals surface area contributed by atoms with E-state index in [1.54, 1.807) is 18.2 Å². The number of carbonyl (C=O) groups excluding carboxylic acids is 2. The molecule has 120 valence electrons. The van der Waals surface area contributed by atoms with Crippen LogP contribution in [-0.4, -0.2) is 11.8 Å². The lowest BCUT2D eigenvalue weighted by Crippen LogP contribution is -2.29. The average molecular weight is 387 g/mol. The molecule has 23 heavy (non-hydrogen) atoms. The Balaban J connectivity index is 2.10. The second-order valence-corrected chi connectivity index (χ2v) is 5.45. The number of benzene rings is 2. The van der Waals surface area contributed by atoms with Crippen LogP contribution in [0, 0.1) is 24.4 Å². The molecule has 0 radical (unpaired) electrons. The van der Waals surface area contributed by atoms with E-state index in [4.69, 9.17) is 0 Å². The van der Waals surface area contributed by atoms with E-state index >= 15 is 0 Å². The number of anilines is 2. The fraction of sp³-hybridized carbons (Fsp3) is 0.0667.